The molecule has 0 saturated heterocycles. The molecule has 0 radical (unpaired) electrons. The lowest BCUT2D eigenvalue weighted by atomic mass is 9.90. The third kappa shape index (κ3) is 5.82. The van der Waals surface area contributed by atoms with E-state index in [0.29, 0.717) is 51.4 Å². The van der Waals surface area contributed by atoms with E-state index in [9.17, 15) is 14.4 Å². The van der Waals surface area contributed by atoms with Gasteiger partial charge in [-0.15, -0.1) is 0 Å². The number of methoxy groups -OCH3 is 1. The number of hydrogen-bond donors (Lipinski definition) is 1. The van der Waals surface area contributed by atoms with Gasteiger partial charge in [0.25, 0.3) is 5.91 Å². The highest BCUT2D eigenvalue weighted by atomic mass is 16.5. The van der Waals surface area contributed by atoms with Gasteiger partial charge in [0.1, 0.15) is 5.92 Å². The van der Waals surface area contributed by atoms with Crippen LogP contribution in [0, 0.1) is 0 Å². The van der Waals surface area contributed by atoms with Gasteiger partial charge in [-0.25, -0.2) is 4.79 Å². The van der Waals surface area contributed by atoms with Crippen molar-refractivity contribution in [2.24, 2.45) is 4.99 Å². The van der Waals surface area contributed by atoms with Crippen molar-refractivity contribution in [1.29, 1.82) is 0 Å². The van der Waals surface area contributed by atoms with Gasteiger partial charge >= 0.3 is 5.97 Å². The van der Waals surface area contributed by atoms with E-state index in [1.54, 1.807) is 66.8 Å². The third-order valence-corrected chi connectivity index (χ3v) is 6.94. The van der Waals surface area contributed by atoms with Crippen LogP contribution in [0.1, 0.15) is 37.8 Å². The van der Waals surface area contributed by atoms with E-state index in [-0.39, 0.29) is 11.8 Å². The molecule has 0 bridgehead atoms. The highest BCUT2D eigenvalue weighted by Crippen LogP contribution is 2.37. The van der Waals surface area contributed by atoms with Crippen LogP contribution in [0.25, 0.3) is 11.0 Å². The molecule has 1 atom stereocenters. The highest BCUT2D eigenvalue weighted by molar-refractivity contribution is 6.24. The van der Waals surface area contributed by atoms with Crippen molar-refractivity contribution in [3.63, 3.8) is 0 Å². The number of aromatic nitrogens is 2. The standard InChI is InChI=1S/C31H30N6O4/c1-36(2)15-16-37(3)30(39)19-5-9-22(10-6-19)34-28(20-8-12-24-26(17-20)33-14-13-32-24)27-23-11-7-21(31(40)41-4)18-25(23)35-29(27)38/h5-14,17-18,27H,15-16H2,1-4H3,(H,35,38). The maximum absolute atomic E-state index is 13.4. The number of nitrogens with zero attached hydrogens (tertiary/aromatic N) is 5. The second-order valence-electron chi connectivity index (χ2n) is 10.0. The smallest absolute Gasteiger partial charge is 0.337 e. The Hall–Kier alpha value is -4.96. The van der Waals surface area contributed by atoms with Crippen LogP contribution in [0.4, 0.5) is 11.4 Å². The monoisotopic (exact) mass is 550 g/mol. The Morgan fingerprint density at radius 1 is 0.878 bits per heavy atom. The number of rotatable bonds is 8. The Bertz CT molecular complexity index is 1670. The number of aliphatic imine (C=N–C) groups is 1. The van der Waals surface area contributed by atoms with Crippen molar-refractivity contribution in [3.05, 3.63) is 95.3 Å². The zero-order valence-corrected chi connectivity index (χ0v) is 23.3. The van der Waals surface area contributed by atoms with Gasteiger partial charge in [-0.2, -0.15) is 0 Å². The summed E-state index contributed by atoms with van der Waals surface area (Å²) in [5.74, 6) is -1.59. The molecule has 2 heterocycles. The van der Waals surface area contributed by atoms with Crippen LogP contribution >= 0.6 is 0 Å². The molecule has 4 aromatic rings. The largest absolute Gasteiger partial charge is 0.465 e. The minimum atomic E-state index is -0.746. The minimum Gasteiger partial charge on any atom is -0.465 e. The van der Waals surface area contributed by atoms with Gasteiger partial charge in [-0.1, -0.05) is 12.1 Å². The molecule has 1 unspecified atom stereocenters. The number of ether oxygens (including phenoxy) is 1. The number of carbonyl (C=O) groups excluding carboxylic acids is 3. The fraction of sp³-hybridized carbons (Fsp3) is 0.226. The van der Waals surface area contributed by atoms with E-state index in [1.165, 1.54) is 7.11 Å². The first-order chi connectivity index (χ1) is 19.7. The molecule has 5 rings (SSSR count). The van der Waals surface area contributed by atoms with Gasteiger partial charge in [-0.05, 0) is 73.8 Å². The van der Waals surface area contributed by atoms with Crippen molar-refractivity contribution in [1.82, 2.24) is 19.8 Å². The molecule has 3 aromatic carbocycles. The molecular weight excluding hydrogens is 520 g/mol. The number of fused-ring (bicyclic) bond motifs is 2. The summed E-state index contributed by atoms with van der Waals surface area (Å²) in [4.78, 5) is 55.8. The first-order valence-electron chi connectivity index (χ1n) is 13.1. The lowest BCUT2D eigenvalue weighted by molar-refractivity contribution is -0.115. The number of amides is 2. The fourth-order valence-electron chi connectivity index (χ4n) is 4.69. The average molecular weight is 551 g/mol. The molecule has 0 aliphatic carbocycles. The normalized spacial score (nSPS) is 14.6. The van der Waals surface area contributed by atoms with E-state index in [2.05, 4.69) is 15.3 Å². The zero-order chi connectivity index (χ0) is 29.1. The van der Waals surface area contributed by atoms with Gasteiger partial charge in [0.2, 0.25) is 5.91 Å². The van der Waals surface area contributed by atoms with Crippen molar-refractivity contribution in [3.8, 4) is 0 Å². The Balaban J connectivity index is 1.54. The molecule has 2 amide bonds. The van der Waals surface area contributed by atoms with Crippen LogP contribution in [0.2, 0.25) is 0 Å². The molecule has 208 valence electrons. The predicted molar refractivity (Wildman–Crippen MR) is 157 cm³/mol. The first kappa shape index (κ1) is 27.6. The van der Waals surface area contributed by atoms with E-state index >= 15 is 0 Å². The summed E-state index contributed by atoms with van der Waals surface area (Å²) in [6.45, 7) is 1.37. The second-order valence-corrected chi connectivity index (χ2v) is 10.0. The lowest BCUT2D eigenvalue weighted by Crippen LogP contribution is -2.33. The van der Waals surface area contributed by atoms with Crippen molar-refractivity contribution < 1.29 is 19.1 Å². The van der Waals surface area contributed by atoms with E-state index in [4.69, 9.17) is 9.73 Å². The fourth-order valence-corrected chi connectivity index (χ4v) is 4.69. The number of anilines is 1. The Kier molecular flexibility index (Phi) is 7.84. The van der Waals surface area contributed by atoms with Crippen LogP contribution in [-0.4, -0.2) is 84.6 Å². The molecule has 10 heteroatoms. The summed E-state index contributed by atoms with van der Waals surface area (Å²) in [6.07, 6.45) is 3.23. The van der Waals surface area contributed by atoms with Crippen LogP contribution in [-0.2, 0) is 9.53 Å². The SMILES string of the molecule is COC(=O)c1ccc2c(c1)NC(=O)C2C(=Nc1ccc(C(=O)N(C)CCN(C)C)cc1)c1ccc2nccnc2c1. The number of nitrogens with one attached hydrogen (secondary N) is 1. The molecule has 1 aliphatic heterocycles. The Labute approximate surface area is 237 Å². The minimum absolute atomic E-state index is 0.0822. The zero-order valence-electron chi connectivity index (χ0n) is 23.3. The predicted octanol–water partition coefficient (Wildman–Crippen LogP) is 3.91. The van der Waals surface area contributed by atoms with Gasteiger partial charge < -0.3 is 19.9 Å². The van der Waals surface area contributed by atoms with Gasteiger partial charge in [0, 0.05) is 43.8 Å². The topological polar surface area (TPSA) is 117 Å². The summed E-state index contributed by atoms with van der Waals surface area (Å²) in [5, 5.41) is 2.89. The number of hydrogen-bond acceptors (Lipinski definition) is 8. The van der Waals surface area contributed by atoms with Gasteiger partial charge in [0.15, 0.2) is 0 Å². The summed E-state index contributed by atoms with van der Waals surface area (Å²) < 4.78 is 4.83. The summed E-state index contributed by atoms with van der Waals surface area (Å²) >= 11 is 0. The van der Waals surface area contributed by atoms with E-state index < -0.39 is 11.9 Å². The van der Waals surface area contributed by atoms with E-state index in [1.807, 2.05) is 37.2 Å². The Morgan fingerprint density at radius 3 is 2.27 bits per heavy atom. The van der Waals surface area contributed by atoms with Crippen LogP contribution in [0.15, 0.2) is 78.0 Å². The lowest BCUT2D eigenvalue weighted by Gasteiger charge is -2.19. The molecule has 0 spiro atoms. The molecular formula is C31H30N6O4. The maximum Gasteiger partial charge on any atom is 0.337 e. The third-order valence-electron chi connectivity index (χ3n) is 6.94. The number of benzene rings is 3. The summed E-state index contributed by atoms with van der Waals surface area (Å²) in [7, 11) is 7.02. The van der Waals surface area contributed by atoms with Crippen LogP contribution in [0.5, 0.6) is 0 Å². The summed E-state index contributed by atoms with van der Waals surface area (Å²) in [5.41, 5.74) is 5.27. The average Bonchev–Trinajstić information content (AvgIpc) is 3.32. The second kappa shape index (κ2) is 11.6. The first-order valence-corrected chi connectivity index (χ1v) is 13.1. The quantitative estimate of drug-likeness (QED) is 0.261. The van der Waals surface area contributed by atoms with Gasteiger partial charge in [-0.3, -0.25) is 24.5 Å². The molecule has 0 saturated carbocycles. The molecule has 10 nitrogen and oxygen atoms in total. The van der Waals surface area contributed by atoms with Crippen molar-refractivity contribution in [2.45, 2.75) is 5.92 Å². The highest BCUT2D eigenvalue weighted by Gasteiger charge is 2.36. The number of esters is 1. The van der Waals surface area contributed by atoms with Crippen molar-refractivity contribution >= 4 is 45.9 Å². The van der Waals surface area contributed by atoms with Crippen molar-refractivity contribution in [2.75, 3.05) is 46.7 Å². The number of carbonyl (C=O) groups is 3. The molecule has 1 N–H and O–H groups in total. The maximum atomic E-state index is 13.4. The van der Waals surface area contributed by atoms with Crippen LogP contribution < -0.4 is 5.32 Å². The molecule has 1 aromatic heterocycles. The van der Waals surface area contributed by atoms with Crippen LogP contribution in [0.3, 0.4) is 0 Å². The molecule has 1 aliphatic rings. The Morgan fingerprint density at radius 2 is 1.56 bits per heavy atom. The van der Waals surface area contributed by atoms with Gasteiger partial charge in [0.05, 0.1) is 35.1 Å². The molecule has 0 fully saturated rings. The number of likely N-dealkylation sites (N-methyl/N-ethyl adjacent to an activating group) is 2. The molecule has 41 heavy (non-hydrogen) atoms. The van der Waals surface area contributed by atoms with E-state index in [0.717, 1.165) is 12.1 Å². The summed E-state index contributed by atoms with van der Waals surface area (Å²) in [6, 6.07) is 17.5.